The Morgan fingerprint density at radius 2 is 1.68 bits per heavy atom. The highest BCUT2D eigenvalue weighted by Crippen LogP contribution is 2.27. The van der Waals surface area contributed by atoms with E-state index in [1.54, 1.807) is 6.07 Å². The van der Waals surface area contributed by atoms with Gasteiger partial charge in [-0.15, -0.1) is 0 Å². The molecule has 0 bridgehead atoms. The van der Waals surface area contributed by atoms with E-state index in [4.69, 9.17) is 10.5 Å². The summed E-state index contributed by atoms with van der Waals surface area (Å²) < 4.78 is 5.65. The summed E-state index contributed by atoms with van der Waals surface area (Å²) in [7, 11) is 0. The Morgan fingerprint density at radius 1 is 1.05 bits per heavy atom. The molecule has 4 heteroatoms. The molecule has 4 nitrogen and oxygen atoms in total. The van der Waals surface area contributed by atoms with Crippen LogP contribution in [0.1, 0.15) is 38.0 Å². The molecule has 0 aliphatic rings. The van der Waals surface area contributed by atoms with Gasteiger partial charge in [-0.25, -0.2) is 4.79 Å². The van der Waals surface area contributed by atoms with Crippen LogP contribution in [0.3, 0.4) is 0 Å². The topological polar surface area (TPSA) is 64.3 Å². The second kappa shape index (κ2) is 6.52. The summed E-state index contributed by atoms with van der Waals surface area (Å²) in [6, 6.07) is 17.0. The molecule has 0 saturated carbocycles. The van der Waals surface area contributed by atoms with Crippen LogP contribution in [0.15, 0.2) is 54.6 Å². The first-order valence-electron chi connectivity index (χ1n) is 7.24. The van der Waals surface area contributed by atoms with Crippen molar-refractivity contribution < 1.29 is 9.53 Å². The molecule has 0 aromatic heterocycles. The number of benzene rings is 2. The number of hydrogen-bond acceptors (Lipinski definition) is 3. The van der Waals surface area contributed by atoms with Crippen LogP contribution < -0.4 is 11.1 Å². The van der Waals surface area contributed by atoms with Crippen LogP contribution in [0.2, 0.25) is 0 Å². The normalized spacial score (nSPS) is 12.5. The quantitative estimate of drug-likeness (QED) is 0.845. The fraction of sp³-hybridized carbons (Fsp3) is 0.278. The van der Waals surface area contributed by atoms with Gasteiger partial charge in [0.25, 0.3) is 0 Å². The molecular formula is C18H22N2O2. The smallest absolute Gasteiger partial charge is 0.408 e. The van der Waals surface area contributed by atoms with Gasteiger partial charge in [0.05, 0.1) is 0 Å². The number of rotatable bonds is 3. The van der Waals surface area contributed by atoms with Crippen molar-refractivity contribution in [3.05, 3.63) is 65.7 Å². The lowest BCUT2D eigenvalue weighted by Crippen LogP contribution is -2.41. The average molecular weight is 298 g/mol. The molecule has 1 amide bonds. The first-order chi connectivity index (χ1) is 10.3. The second-order valence-corrected chi connectivity index (χ2v) is 6.24. The molecule has 116 valence electrons. The molecule has 0 spiro atoms. The van der Waals surface area contributed by atoms with Crippen LogP contribution in [-0.2, 0) is 4.74 Å². The Morgan fingerprint density at radius 3 is 2.27 bits per heavy atom. The van der Waals surface area contributed by atoms with Gasteiger partial charge >= 0.3 is 6.09 Å². The molecule has 1 atom stereocenters. The van der Waals surface area contributed by atoms with E-state index in [1.165, 1.54) is 0 Å². The number of carbonyl (C=O) groups is 1. The van der Waals surface area contributed by atoms with Gasteiger partial charge in [-0.05, 0) is 44.0 Å². The van der Waals surface area contributed by atoms with Crippen LogP contribution in [0.5, 0.6) is 0 Å². The third-order valence-electron chi connectivity index (χ3n) is 3.02. The number of anilines is 1. The number of hydrogen-bond donors (Lipinski definition) is 2. The van der Waals surface area contributed by atoms with Crippen LogP contribution in [0.4, 0.5) is 10.5 Å². The van der Waals surface area contributed by atoms with Crippen molar-refractivity contribution in [2.45, 2.75) is 32.4 Å². The number of carbonyl (C=O) groups excluding carboxylic acids is 1. The van der Waals surface area contributed by atoms with E-state index in [1.807, 2.05) is 69.3 Å². The summed E-state index contributed by atoms with van der Waals surface area (Å²) in [4.78, 5) is 12.1. The number of nitrogens with two attached hydrogens (primary N) is 1. The zero-order valence-corrected chi connectivity index (χ0v) is 13.2. The molecule has 2 aromatic carbocycles. The van der Waals surface area contributed by atoms with E-state index in [9.17, 15) is 4.79 Å². The van der Waals surface area contributed by atoms with Crippen molar-refractivity contribution in [3.8, 4) is 0 Å². The Balaban J connectivity index is 2.29. The average Bonchev–Trinajstić information content (AvgIpc) is 2.44. The molecule has 0 aliphatic carbocycles. The van der Waals surface area contributed by atoms with Gasteiger partial charge in [-0.1, -0.05) is 42.5 Å². The fourth-order valence-corrected chi connectivity index (χ4v) is 2.12. The molecule has 0 heterocycles. The van der Waals surface area contributed by atoms with Crippen LogP contribution >= 0.6 is 0 Å². The molecule has 2 aromatic rings. The summed E-state index contributed by atoms with van der Waals surface area (Å²) in [6.07, 6.45) is -0.948. The number of nitrogen functional groups attached to an aromatic ring is 1. The molecule has 0 saturated heterocycles. The number of amides is 1. The van der Waals surface area contributed by atoms with E-state index in [-0.39, 0.29) is 5.54 Å². The van der Waals surface area contributed by atoms with Gasteiger partial charge in [0, 0.05) is 11.2 Å². The van der Waals surface area contributed by atoms with E-state index in [2.05, 4.69) is 5.32 Å². The minimum Gasteiger partial charge on any atom is -0.436 e. The Bertz CT molecular complexity index is 633. The van der Waals surface area contributed by atoms with E-state index in [0.29, 0.717) is 5.69 Å². The third-order valence-corrected chi connectivity index (χ3v) is 3.02. The molecule has 1 unspecified atom stereocenters. The lowest BCUT2D eigenvalue weighted by atomic mass is 10.0. The van der Waals surface area contributed by atoms with Crippen molar-refractivity contribution in [2.24, 2.45) is 0 Å². The zero-order valence-electron chi connectivity index (χ0n) is 13.2. The molecule has 0 fully saturated rings. The van der Waals surface area contributed by atoms with Gasteiger partial charge in [-0.3, -0.25) is 0 Å². The minimum atomic E-state index is -0.493. The third kappa shape index (κ3) is 4.52. The monoisotopic (exact) mass is 298 g/mol. The number of alkyl carbamates (subject to hydrolysis) is 1. The van der Waals surface area contributed by atoms with Crippen LogP contribution in [-0.4, -0.2) is 11.6 Å². The maximum Gasteiger partial charge on any atom is 0.408 e. The largest absolute Gasteiger partial charge is 0.436 e. The maximum atomic E-state index is 12.1. The lowest BCUT2D eigenvalue weighted by molar-refractivity contribution is 0.109. The summed E-state index contributed by atoms with van der Waals surface area (Å²) in [5, 5.41) is 2.81. The van der Waals surface area contributed by atoms with Gasteiger partial charge in [0.2, 0.25) is 0 Å². The highest BCUT2D eigenvalue weighted by atomic mass is 16.6. The molecule has 3 N–H and O–H groups in total. The molecule has 0 radical (unpaired) electrons. The summed E-state index contributed by atoms with van der Waals surface area (Å²) >= 11 is 0. The van der Waals surface area contributed by atoms with Gasteiger partial charge < -0.3 is 15.8 Å². The predicted molar refractivity (Wildman–Crippen MR) is 88.5 cm³/mol. The minimum absolute atomic E-state index is 0.353. The van der Waals surface area contributed by atoms with Crippen molar-refractivity contribution in [3.63, 3.8) is 0 Å². The standard InChI is InChI=1S/C18H22N2O2/c1-18(2,3)20-17(21)22-16(13-8-5-4-6-9-13)14-10-7-11-15(19)12-14/h4-12,16H,19H2,1-3H3,(H,20,21). The van der Waals surface area contributed by atoms with Gasteiger partial charge in [-0.2, -0.15) is 0 Å². The highest BCUT2D eigenvalue weighted by molar-refractivity contribution is 5.69. The van der Waals surface area contributed by atoms with Crippen molar-refractivity contribution in [2.75, 3.05) is 5.73 Å². The van der Waals surface area contributed by atoms with Crippen LogP contribution in [0.25, 0.3) is 0 Å². The molecule has 0 aliphatic heterocycles. The van der Waals surface area contributed by atoms with Crippen molar-refractivity contribution in [1.82, 2.24) is 5.32 Å². The molecule has 22 heavy (non-hydrogen) atoms. The maximum absolute atomic E-state index is 12.1. The Hall–Kier alpha value is -2.49. The van der Waals surface area contributed by atoms with E-state index in [0.717, 1.165) is 11.1 Å². The second-order valence-electron chi connectivity index (χ2n) is 6.24. The first kappa shape index (κ1) is 15.9. The Labute approximate surface area is 131 Å². The fourth-order valence-electron chi connectivity index (χ4n) is 2.12. The highest BCUT2D eigenvalue weighted by Gasteiger charge is 2.22. The summed E-state index contributed by atoms with van der Waals surface area (Å²) in [5.74, 6) is 0. The predicted octanol–water partition coefficient (Wildman–Crippen LogP) is 3.88. The zero-order chi connectivity index (χ0) is 16.2. The Kier molecular flexibility index (Phi) is 4.71. The number of ether oxygens (including phenoxy) is 1. The SMILES string of the molecule is CC(C)(C)NC(=O)OC(c1ccccc1)c1cccc(N)c1. The molecule has 2 rings (SSSR count). The lowest BCUT2D eigenvalue weighted by Gasteiger charge is -2.24. The number of nitrogens with one attached hydrogen (secondary N) is 1. The van der Waals surface area contributed by atoms with Crippen molar-refractivity contribution in [1.29, 1.82) is 0 Å². The van der Waals surface area contributed by atoms with Gasteiger partial charge in [0.15, 0.2) is 6.10 Å². The summed E-state index contributed by atoms with van der Waals surface area (Å²) in [5.41, 5.74) is 7.88. The summed E-state index contributed by atoms with van der Waals surface area (Å²) in [6.45, 7) is 5.73. The van der Waals surface area contributed by atoms with E-state index < -0.39 is 12.2 Å². The van der Waals surface area contributed by atoms with Gasteiger partial charge in [0.1, 0.15) is 0 Å². The van der Waals surface area contributed by atoms with Crippen LogP contribution in [0, 0.1) is 0 Å². The van der Waals surface area contributed by atoms with Crippen molar-refractivity contribution >= 4 is 11.8 Å². The van der Waals surface area contributed by atoms with E-state index >= 15 is 0 Å². The molecular weight excluding hydrogens is 276 g/mol. The first-order valence-corrected chi connectivity index (χ1v) is 7.24.